The summed E-state index contributed by atoms with van der Waals surface area (Å²) in [6.45, 7) is 1.19. The molecule has 152 valence electrons. The summed E-state index contributed by atoms with van der Waals surface area (Å²) in [7, 11) is 2.80. The number of ether oxygens (including phenoxy) is 2. The fourth-order valence-corrected chi connectivity index (χ4v) is 2.52. The highest BCUT2D eigenvalue weighted by Gasteiger charge is 2.25. The van der Waals surface area contributed by atoms with Crippen LogP contribution in [0, 0.1) is 10.1 Å². The fraction of sp³-hybridized carbons (Fsp3) is 0.222. The minimum Gasteiger partial charge on any atom is -0.493 e. The first-order valence-corrected chi connectivity index (χ1v) is 8.52. The number of ketones is 1. The second-order valence-corrected chi connectivity index (χ2v) is 6.12. The minimum atomic E-state index is -1.44. The summed E-state index contributed by atoms with van der Waals surface area (Å²) in [4.78, 5) is 34.6. The van der Waals surface area contributed by atoms with Gasteiger partial charge in [-0.1, -0.05) is 11.6 Å². The molecule has 2 aromatic rings. The number of amides is 1. The fourth-order valence-electron chi connectivity index (χ4n) is 2.31. The summed E-state index contributed by atoms with van der Waals surface area (Å²) in [6.07, 6.45) is 0. The Balaban J connectivity index is 2.25. The first kappa shape index (κ1) is 21.8. The van der Waals surface area contributed by atoms with Gasteiger partial charge in [0.2, 0.25) is 6.04 Å². The van der Waals surface area contributed by atoms with E-state index in [2.05, 4.69) is 15.5 Å². The standard InChI is InChI=1S/C18H17ClN4O6/c1-10(24)16(22-21-12-4-6-13(7-5-12)23(26)27)18(25)20-14-8-11(19)9-15(28-2)17(14)29-3/h4-9,16H,1-3H3,(H,20,25). The van der Waals surface area contributed by atoms with Gasteiger partial charge in [0.25, 0.3) is 11.6 Å². The normalized spacial score (nSPS) is 11.7. The molecule has 1 unspecified atom stereocenters. The van der Waals surface area contributed by atoms with Crippen molar-refractivity contribution in [1.82, 2.24) is 0 Å². The van der Waals surface area contributed by atoms with Gasteiger partial charge >= 0.3 is 0 Å². The molecule has 1 amide bonds. The van der Waals surface area contributed by atoms with Crippen LogP contribution >= 0.6 is 11.6 Å². The van der Waals surface area contributed by atoms with Gasteiger partial charge in [0.05, 0.1) is 30.5 Å². The molecule has 0 aliphatic heterocycles. The number of nitro benzene ring substituents is 1. The Kier molecular flexibility index (Phi) is 7.21. The Morgan fingerprint density at radius 2 is 1.83 bits per heavy atom. The van der Waals surface area contributed by atoms with E-state index in [4.69, 9.17) is 21.1 Å². The van der Waals surface area contributed by atoms with Crippen LogP contribution in [0.3, 0.4) is 0 Å². The number of Topliss-reactive ketones (excluding diaryl/α,β-unsaturated/α-hetero) is 1. The van der Waals surface area contributed by atoms with Crippen LogP contribution in [-0.4, -0.2) is 36.9 Å². The predicted octanol–water partition coefficient (Wildman–Crippen LogP) is 3.95. The number of nitrogens with zero attached hydrogens (tertiary/aromatic N) is 3. The molecule has 0 aliphatic carbocycles. The number of carbonyl (C=O) groups excluding carboxylic acids is 2. The third kappa shape index (κ3) is 5.48. The molecule has 0 aromatic heterocycles. The van der Waals surface area contributed by atoms with Crippen LogP contribution in [0.2, 0.25) is 5.02 Å². The number of nitro groups is 1. The van der Waals surface area contributed by atoms with E-state index in [1.54, 1.807) is 0 Å². The molecule has 0 saturated heterocycles. The van der Waals surface area contributed by atoms with Crippen molar-refractivity contribution in [2.45, 2.75) is 13.0 Å². The SMILES string of the molecule is COc1cc(Cl)cc(NC(=O)C(N=Nc2ccc([N+](=O)[O-])cc2)C(C)=O)c1OC. The van der Waals surface area contributed by atoms with Crippen LogP contribution in [-0.2, 0) is 9.59 Å². The highest BCUT2D eigenvalue weighted by atomic mass is 35.5. The Morgan fingerprint density at radius 3 is 2.34 bits per heavy atom. The summed E-state index contributed by atoms with van der Waals surface area (Å²) in [5.74, 6) is -0.797. The predicted molar refractivity (Wildman–Crippen MR) is 105 cm³/mol. The van der Waals surface area contributed by atoms with Crippen molar-refractivity contribution in [3.63, 3.8) is 0 Å². The molecule has 10 nitrogen and oxygen atoms in total. The van der Waals surface area contributed by atoms with Gasteiger partial charge in [-0.05, 0) is 25.1 Å². The number of nitrogens with one attached hydrogen (secondary N) is 1. The van der Waals surface area contributed by atoms with E-state index in [0.29, 0.717) is 5.75 Å². The lowest BCUT2D eigenvalue weighted by molar-refractivity contribution is -0.384. The number of azo groups is 1. The third-order valence-electron chi connectivity index (χ3n) is 3.68. The topological polar surface area (TPSA) is 132 Å². The molecule has 0 bridgehead atoms. The number of carbonyl (C=O) groups is 2. The summed E-state index contributed by atoms with van der Waals surface area (Å²) < 4.78 is 10.4. The maximum Gasteiger partial charge on any atom is 0.269 e. The third-order valence-corrected chi connectivity index (χ3v) is 3.90. The zero-order valence-electron chi connectivity index (χ0n) is 15.7. The van der Waals surface area contributed by atoms with E-state index in [1.807, 2.05) is 0 Å². The summed E-state index contributed by atoms with van der Waals surface area (Å²) >= 11 is 6.02. The molecular formula is C18H17ClN4O6. The summed E-state index contributed by atoms with van der Waals surface area (Å²) in [5.41, 5.74) is 0.321. The van der Waals surface area contributed by atoms with Gasteiger partial charge in [-0.15, -0.1) is 0 Å². The number of rotatable bonds is 8. The molecule has 2 aromatic carbocycles. The molecule has 0 spiro atoms. The van der Waals surface area contributed by atoms with E-state index in [-0.39, 0.29) is 27.8 Å². The lowest BCUT2D eigenvalue weighted by atomic mass is 10.2. The van der Waals surface area contributed by atoms with E-state index in [1.165, 1.54) is 57.5 Å². The van der Waals surface area contributed by atoms with E-state index in [0.717, 1.165) is 0 Å². The molecule has 2 rings (SSSR count). The van der Waals surface area contributed by atoms with Crippen molar-refractivity contribution in [3.05, 3.63) is 51.5 Å². The Hall–Kier alpha value is -3.53. The highest BCUT2D eigenvalue weighted by molar-refractivity contribution is 6.31. The van der Waals surface area contributed by atoms with Gasteiger partial charge in [-0.25, -0.2) is 0 Å². The Labute approximate surface area is 170 Å². The smallest absolute Gasteiger partial charge is 0.269 e. The zero-order chi connectivity index (χ0) is 21.6. The van der Waals surface area contributed by atoms with Crippen molar-refractivity contribution < 1.29 is 24.0 Å². The molecule has 1 atom stereocenters. The van der Waals surface area contributed by atoms with Crippen LogP contribution < -0.4 is 14.8 Å². The quantitative estimate of drug-likeness (QED) is 0.297. The van der Waals surface area contributed by atoms with Gasteiger partial charge in [-0.2, -0.15) is 10.2 Å². The molecule has 0 fully saturated rings. The van der Waals surface area contributed by atoms with Gasteiger partial charge in [0.1, 0.15) is 0 Å². The molecule has 0 saturated carbocycles. The molecule has 0 radical (unpaired) electrons. The van der Waals surface area contributed by atoms with Crippen LogP contribution in [0.4, 0.5) is 17.1 Å². The van der Waals surface area contributed by atoms with Gasteiger partial charge in [0.15, 0.2) is 17.3 Å². The number of halogens is 1. The lowest BCUT2D eigenvalue weighted by Gasteiger charge is -2.15. The molecule has 29 heavy (non-hydrogen) atoms. The second-order valence-electron chi connectivity index (χ2n) is 5.68. The van der Waals surface area contributed by atoms with Gasteiger partial charge < -0.3 is 14.8 Å². The van der Waals surface area contributed by atoms with Crippen molar-refractivity contribution >= 4 is 40.4 Å². The van der Waals surface area contributed by atoms with Crippen LogP contribution in [0.15, 0.2) is 46.6 Å². The molecule has 0 heterocycles. The number of benzene rings is 2. The van der Waals surface area contributed by atoms with Crippen LogP contribution in [0.5, 0.6) is 11.5 Å². The van der Waals surface area contributed by atoms with E-state index < -0.39 is 22.7 Å². The molecule has 0 aliphatic rings. The van der Waals surface area contributed by atoms with E-state index >= 15 is 0 Å². The maximum absolute atomic E-state index is 12.6. The first-order valence-electron chi connectivity index (χ1n) is 8.15. The average Bonchev–Trinajstić information content (AvgIpc) is 2.67. The Bertz CT molecular complexity index is 962. The van der Waals surface area contributed by atoms with Gasteiger partial charge in [-0.3, -0.25) is 19.7 Å². The minimum absolute atomic E-state index is 0.119. The zero-order valence-corrected chi connectivity index (χ0v) is 16.5. The number of anilines is 1. The van der Waals surface area contributed by atoms with E-state index in [9.17, 15) is 19.7 Å². The lowest BCUT2D eigenvalue weighted by Crippen LogP contribution is -2.32. The average molecular weight is 421 g/mol. The van der Waals surface area contributed by atoms with Crippen molar-refractivity contribution in [1.29, 1.82) is 0 Å². The number of methoxy groups -OCH3 is 2. The van der Waals surface area contributed by atoms with Crippen molar-refractivity contribution in [2.24, 2.45) is 10.2 Å². The summed E-state index contributed by atoms with van der Waals surface area (Å²) in [6, 6.07) is 6.67. The van der Waals surface area contributed by atoms with Crippen molar-refractivity contribution in [3.8, 4) is 11.5 Å². The number of non-ortho nitro benzene ring substituents is 1. The maximum atomic E-state index is 12.6. The first-order chi connectivity index (χ1) is 13.8. The molecule has 1 N–H and O–H groups in total. The number of hydrogen-bond acceptors (Lipinski definition) is 8. The largest absolute Gasteiger partial charge is 0.493 e. The van der Waals surface area contributed by atoms with Gasteiger partial charge in [0, 0.05) is 23.2 Å². The monoisotopic (exact) mass is 420 g/mol. The van der Waals surface area contributed by atoms with Crippen LogP contribution in [0.1, 0.15) is 6.92 Å². The molecule has 11 heteroatoms. The second kappa shape index (κ2) is 9.60. The Morgan fingerprint density at radius 1 is 1.17 bits per heavy atom. The van der Waals surface area contributed by atoms with Crippen molar-refractivity contribution in [2.75, 3.05) is 19.5 Å². The summed E-state index contributed by atoms with van der Waals surface area (Å²) in [5, 5.41) is 21.1. The highest BCUT2D eigenvalue weighted by Crippen LogP contribution is 2.38. The van der Waals surface area contributed by atoms with Crippen LogP contribution in [0.25, 0.3) is 0 Å². The number of hydrogen-bond donors (Lipinski definition) is 1. The molecular weight excluding hydrogens is 404 g/mol.